The molecule has 5 nitrogen and oxygen atoms in total. The summed E-state index contributed by atoms with van der Waals surface area (Å²) in [5, 5.41) is 5.59. The van der Waals surface area contributed by atoms with Crippen LogP contribution in [0.1, 0.15) is 90.5 Å². The van der Waals surface area contributed by atoms with Crippen molar-refractivity contribution in [1.29, 1.82) is 0 Å². The Morgan fingerprint density at radius 3 is 1.92 bits per heavy atom. The van der Waals surface area contributed by atoms with Crippen LogP contribution in [-0.4, -0.2) is 4.34 Å². The molecular formula is C44H52N2O3P2. The monoisotopic (exact) mass is 718 g/mol. The van der Waals surface area contributed by atoms with Crippen molar-refractivity contribution in [3.05, 3.63) is 157 Å². The minimum Gasteiger partial charge on any atom is -0.455 e. The SMILES string of the molecule is C=C/C=C\NP(Oc1ccccc1)c1cc(C(C)(C)C)cc2c1Oc1c(P(Oc3ccccc3)n3cccc3)cc(C(C)C)cc1C2(C)C.CC. The molecule has 7 heteroatoms. The molecule has 4 aromatic carbocycles. The van der Waals surface area contributed by atoms with Crippen molar-refractivity contribution in [1.82, 2.24) is 9.42 Å². The van der Waals surface area contributed by atoms with Crippen LogP contribution in [0.5, 0.6) is 23.0 Å². The number of ether oxygens (including phenoxy) is 1. The van der Waals surface area contributed by atoms with Gasteiger partial charge >= 0.3 is 0 Å². The summed E-state index contributed by atoms with van der Waals surface area (Å²) in [6, 6.07) is 33.4. The zero-order chi connectivity index (χ0) is 36.8. The first-order valence-corrected chi connectivity index (χ1v) is 20.2. The van der Waals surface area contributed by atoms with E-state index in [1.165, 1.54) is 11.1 Å². The Kier molecular flexibility index (Phi) is 12.2. The van der Waals surface area contributed by atoms with Gasteiger partial charge in [-0.05, 0) is 77.1 Å². The first kappa shape index (κ1) is 37.9. The standard InChI is InChI=1S/C42H46N2O3P2.C2H6/c1-9-10-23-43-48(46-33-19-13-11-14-20-33)37-29-32(41(4,5)6)28-36-39(37)45-40-35(42(36,7)8)26-31(30(2)3)27-38(40)49(44-24-17-18-25-44)47-34-21-15-12-16-22-34;1-2/h9-30,43H,1H2,2-8H3;1-2H3/b23-10-;. The molecule has 0 aliphatic carbocycles. The molecule has 5 aromatic rings. The summed E-state index contributed by atoms with van der Waals surface area (Å²) in [4.78, 5) is 0. The second-order valence-corrected chi connectivity index (χ2v) is 17.3. The van der Waals surface area contributed by atoms with Crippen LogP contribution in [0.15, 0.2) is 134 Å². The van der Waals surface area contributed by atoms with E-state index in [0.29, 0.717) is 5.92 Å². The highest BCUT2D eigenvalue weighted by Crippen LogP contribution is 2.54. The van der Waals surface area contributed by atoms with Gasteiger partial charge < -0.3 is 18.9 Å². The van der Waals surface area contributed by atoms with Gasteiger partial charge in [0.15, 0.2) is 0 Å². The number of benzene rings is 4. The number of fused-ring (bicyclic) bond motifs is 2. The zero-order valence-electron chi connectivity index (χ0n) is 31.5. The smallest absolute Gasteiger partial charge is 0.232 e. The van der Waals surface area contributed by atoms with Gasteiger partial charge in [-0.25, -0.2) is 0 Å². The number of nitrogens with zero attached hydrogens (tertiary/aromatic N) is 1. The zero-order valence-corrected chi connectivity index (χ0v) is 33.3. The third kappa shape index (κ3) is 8.44. The van der Waals surface area contributed by atoms with Crippen LogP contribution in [-0.2, 0) is 10.8 Å². The molecule has 1 aliphatic heterocycles. The fourth-order valence-corrected chi connectivity index (χ4v) is 9.07. The molecule has 2 heterocycles. The van der Waals surface area contributed by atoms with Crippen molar-refractivity contribution in [2.45, 2.75) is 79.1 Å². The summed E-state index contributed by atoms with van der Waals surface area (Å²) in [6.07, 6.45) is 9.71. The van der Waals surface area contributed by atoms with E-state index < -0.39 is 22.0 Å². The highest BCUT2D eigenvalue weighted by Gasteiger charge is 2.42. The molecule has 0 radical (unpaired) electrons. The number of allylic oxidation sites excluding steroid dienone is 2. The Bertz CT molecular complexity index is 1930. The molecule has 266 valence electrons. The van der Waals surface area contributed by atoms with Gasteiger partial charge in [-0.1, -0.05) is 123 Å². The normalized spacial score (nSPS) is 14.3. The Hall–Kier alpha value is -4.30. The molecule has 0 bridgehead atoms. The van der Waals surface area contributed by atoms with Crippen LogP contribution < -0.4 is 29.5 Å². The van der Waals surface area contributed by atoms with Gasteiger partial charge in [0.05, 0.1) is 10.6 Å². The maximum absolute atomic E-state index is 7.29. The Labute approximate surface area is 308 Å². The van der Waals surface area contributed by atoms with Crippen molar-refractivity contribution >= 4 is 27.2 Å². The lowest BCUT2D eigenvalue weighted by Gasteiger charge is -2.39. The Balaban J connectivity index is 0.00000248. The van der Waals surface area contributed by atoms with Gasteiger partial charge in [-0.15, -0.1) is 0 Å². The second kappa shape index (κ2) is 16.4. The summed E-state index contributed by atoms with van der Waals surface area (Å²) in [5.74, 6) is 3.58. The highest BCUT2D eigenvalue weighted by molar-refractivity contribution is 7.60. The molecule has 1 N–H and O–H groups in total. The molecule has 0 saturated heterocycles. The summed E-state index contributed by atoms with van der Waals surface area (Å²) >= 11 is 0. The Morgan fingerprint density at radius 2 is 1.35 bits per heavy atom. The van der Waals surface area contributed by atoms with E-state index in [-0.39, 0.29) is 5.41 Å². The predicted octanol–water partition coefficient (Wildman–Crippen LogP) is 12.2. The maximum atomic E-state index is 7.29. The van der Waals surface area contributed by atoms with Gasteiger partial charge in [0.25, 0.3) is 0 Å². The van der Waals surface area contributed by atoms with E-state index in [1.54, 1.807) is 6.08 Å². The van der Waals surface area contributed by atoms with E-state index in [1.807, 2.05) is 98.9 Å². The molecule has 0 amide bonds. The number of para-hydroxylation sites is 2. The molecule has 6 rings (SSSR count). The molecule has 1 aliphatic rings. The predicted molar refractivity (Wildman–Crippen MR) is 219 cm³/mol. The number of aromatic nitrogens is 1. The van der Waals surface area contributed by atoms with Crippen molar-refractivity contribution < 1.29 is 13.8 Å². The van der Waals surface area contributed by atoms with Gasteiger partial charge in [0.2, 0.25) is 16.6 Å². The number of hydrogen-bond acceptors (Lipinski definition) is 4. The molecule has 0 saturated carbocycles. The molecule has 1 aromatic heterocycles. The van der Waals surface area contributed by atoms with Gasteiger partial charge in [0.1, 0.15) is 23.0 Å². The lowest BCUT2D eigenvalue weighted by Crippen LogP contribution is -2.33. The van der Waals surface area contributed by atoms with Gasteiger partial charge in [-0.3, -0.25) is 4.34 Å². The minimum absolute atomic E-state index is 0.109. The third-order valence-corrected chi connectivity index (χ3v) is 12.1. The lowest BCUT2D eigenvalue weighted by atomic mass is 9.73. The number of hydrogen-bond donors (Lipinski definition) is 1. The number of rotatable bonds is 11. The van der Waals surface area contributed by atoms with Crippen molar-refractivity contribution in [2.75, 3.05) is 0 Å². The van der Waals surface area contributed by atoms with E-state index in [0.717, 1.165) is 44.7 Å². The first-order valence-electron chi connectivity index (χ1n) is 17.8. The molecule has 2 unspecified atom stereocenters. The molecule has 0 spiro atoms. The maximum Gasteiger partial charge on any atom is 0.232 e. The van der Waals surface area contributed by atoms with E-state index in [4.69, 9.17) is 13.8 Å². The van der Waals surface area contributed by atoms with Crippen molar-refractivity contribution in [3.8, 4) is 23.0 Å². The largest absolute Gasteiger partial charge is 0.455 e. The topological polar surface area (TPSA) is 44.6 Å². The van der Waals surface area contributed by atoms with Crippen LogP contribution in [0.3, 0.4) is 0 Å². The van der Waals surface area contributed by atoms with Crippen molar-refractivity contribution in [3.63, 3.8) is 0 Å². The van der Waals surface area contributed by atoms with E-state index >= 15 is 0 Å². The average molecular weight is 719 g/mol. The van der Waals surface area contributed by atoms with Gasteiger partial charge in [-0.2, -0.15) is 0 Å². The fourth-order valence-electron chi connectivity index (χ4n) is 5.86. The second-order valence-electron chi connectivity index (χ2n) is 14.1. The lowest BCUT2D eigenvalue weighted by molar-refractivity contribution is 0.421. The quantitative estimate of drug-likeness (QED) is 0.109. The highest BCUT2D eigenvalue weighted by atomic mass is 31.2. The molecule has 51 heavy (non-hydrogen) atoms. The van der Waals surface area contributed by atoms with Crippen LogP contribution in [0.4, 0.5) is 0 Å². The Morgan fingerprint density at radius 1 is 0.784 bits per heavy atom. The van der Waals surface area contributed by atoms with Crippen LogP contribution in [0, 0.1) is 0 Å². The minimum atomic E-state index is -1.41. The first-order chi connectivity index (χ1) is 24.5. The summed E-state index contributed by atoms with van der Waals surface area (Å²) in [7, 11) is -2.76. The van der Waals surface area contributed by atoms with E-state index in [9.17, 15) is 0 Å². The van der Waals surface area contributed by atoms with Crippen LogP contribution in [0.2, 0.25) is 0 Å². The summed E-state index contributed by atoms with van der Waals surface area (Å²) in [6.45, 7) is 23.8. The van der Waals surface area contributed by atoms with E-state index in [2.05, 4.69) is 101 Å². The summed E-state index contributed by atoms with van der Waals surface area (Å²) < 4.78 is 23.1. The van der Waals surface area contributed by atoms with Crippen LogP contribution >= 0.6 is 16.6 Å². The van der Waals surface area contributed by atoms with Crippen molar-refractivity contribution in [2.24, 2.45) is 0 Å². The average Bonchev–Trinajstić information content (AvgIpc) is 3.66. The van der Waals surface area contributed by atoms with Crippen LogP contribution in [0.25, 0.3) is 0 Å². The third-order valence-electron chi connectivity index (χ3n) is 8.77. The molecule has 0 fully saturated rings. The summed E-state index contributed by atoms with van der Waals surface area (Å²) in [5.41, 5.74) is 4.27. The fraction of sp³-hybridized carbons (Fsp3) is 0.273. The number of nitrogens with one attached hydrogen (secondary N) is 1. The molecule has 2 atom stereocenters. The van der Waals surface area contributed by atoms with Gasteiger partial charge in [0, 0.05) is 35.1 Å². The molecular weight excluding hydrogens is 666 g/mol.